The molecule has 0 radical (unpaired) electrons. The number of imidazole rings is 1. The topological polar surface area (TPSA) is 76.0 Å². The summed E-state index contributed by atoms with van der Waals surface area (Å²) >= 11 is 0. The van der Waals surface area contributed by atoms with E-state index in [1.165, 1.54) is 12.3 Å². The van der Waals surface area contributed by atoms with Crippen LogP contribution in [0.4, 0.5) is 28.9 Å². The van der Waals surface area contributed by atoms with E-state index < -0.39 is 34.9 Å². The van der Waals surface area contributed by atoms with Gasteiger partial charge in [0.1, 0.15) is 17.3 Å². The largest absolute Gasteiger partial charge is 0.416 e. The van der Waals surface area contributed by atoms with Crippen molar-refractivity contribution in [1.82, 2.24) is 9.55 Å². The van der Waals surface area contributed by atoms with Crippen molar-refractivity contribution in [1.29, 1.82) is 0 Å². The summed E-state index contributed by atoms with van der Waals surface area (Å²) in [5.41, 5.74) is -0.545. The average molecular weight is 446 g/mol. The Hall–Kier alpha value is -3.69. The molecule has 0 spiro atoms. The van der Waals surface area contributed by atoms with Crippen molar-refractivity contribution in [2.24, 2.45) is 0 Å². The maximum Gasteiger partial charge on any atom is 0.416 e. The first-order valence-corrected chi connectivity index (χ1v) is 9.78. The summed E-state index contributed by atoms with van der Waals surface area (Å²) in [6.45, 7) is 2.24. The third-order valence-electron chi connectivity index (χ3n) is 5.21. The molecule has 0 saturated heterocycles. The lowest BCUT2D eigenvalue weighted by Crippen LogP contribution is -2.19. The molecule has 0 unspecified atom stereocenters. The summed E-state index contributed by atoms with van der Waals surface area (Å²) in [7, 11) is 0. The minimum Gasteiger partial charge on any atom is -0.324 e. The molecule has 10 heteroatoms. The molecule has 4 rings (SSSR count). The van der Waals surface area contributed by atoms with Gasteiger partial charge in [-0.15, -0.1) is 0 Å². The summed E-state index contributed by atoms with van der Waals surface area (Å²) in [6, 6.07) is 6.27. The van der Waals surface area contributed by atoms with E-state index >= 15 is 0 Å². The van der Waals surface area contributed by atoms with Crippen LogP contribution in [0, 0.1) is 12.7 Å². The van der Waals surface area contributed by atoms with Crippen LogP contribution >= 0.6 is 0 Å². The Morgan fingerprint density at radius 3 is 2.62 bits per heavy atom. The Morgan fingerprint density at radius 2 is 1.88 bits per heavy atom. The monoisotopic (exact) mass is 446 g/mol. The van der Waals surface area contributed by atoms with Crippen LogP contribution in [0.1, 0.15) is 44.2 Å². The Labute approximate surface area is 180 Å². The molecule has 0 aliphatic carbocycles. The minimum absolute atomic E-state index is 0.134. The van der Waals surface area contributed by atoms with Gasteiger partial charge in [-0.25, -0.2) is 9.37 Å². The van der Waals surface area contributed by atoms with Crippen molar-refractivity contribution >= 4 is 23.2 Å². The Morgan fingerprint density at radius 1 is 1.09 bits per heavy atom. The SMILES string of the molecule is Cc1cc(F)c(C(=O)Nc2cccc(C(F)(F)F)c2)cc1NC(=O)c1cnc2n1CCC2. The van der Waals surface area contributed by atoms with Gasteiger partial charge in [0, 0.05) is 24.3 Å². The fraction of sp³-hybridized carbons (Fsp3) is 0.227. The first-order chi connectivity index (χ1) is 15.1. The van der Waals surface area contributed by atoms with Crippen LogP contribution in [0.2, 0.25) is 0 Å². The first kappa shape index (κ1) is 21.5. The van der Waals surface area contributed by atoms with E-state index in [2.05, 4.69) is 15.6 Å². The predicted molar refractivity (Wildman–Crippen MR) is 109 cm³/mol. The van der Waals surface area contributed by atoms with E-state index in [0.717, 1.165) is 49.0 Å². The number of aryl methyl sites for hydroxylation is 2. The van der Waals surface area contributed by atoms with Gasteiger partial charge >= 0.3 is 6.18 Å². The molecule has 2 amide bonds. The molecule has 32 heavy (non-hydrogen) atoms. The quantitative estimate of drug-likeness (QED) is 0.566. The molecular formula is C22H18F4N4O2. The van der Waals surface area contributed by atoms with Crippen molar-refractivity contribution in [3.63, 3.8) is 0 Å². The second-order valence-electron chi connectivity index (χ2n) is 7.45. The van der Waals surface area contributed by atoms with Gasteiger partial charge in [0.2, 0.25) is 0 Å². The summed E-state index contributed by atoms with van der Waals surface area (Å²) in [4.78, 5) is 29.5. The number of nitrogens with zero attached hydrogens (tertiary/aromatic N) is 2. The van der Waals surface area contributed by atoms with Crippen molar-refractivity contribution < 1.29 is 27.2 Å². The van der Waals surface area contributed by atoms with E-state index in [4.69, 9.17) is 0 Å². The highest BCUT2D eigenvalue weighted by Gasteiger charge is 2.30. The third kappa shape index (κ3) is 4.20. The zero-order valence-corrected chi connectivity index (χ0v) is 16.9. The highest BCUT2D eigenvalue weighted by atomic mass is 19.4. The number of aromatic nitrogens is 2. The summed E-state index contributed by atoms with van der Waals surface area (Å²) < 4.78 is 55.0. The second kappa shape index (κ2) is 8.10. The van der Waals surface area contributed by atoms with Crippen LogP contribution in [-0.4, -0.2) is 21.4 Å². The van der Waals surface area contributed by atoms with Crippen LogP contribution in [-0.2, 0) is 19.1 Å². The summed E-state index contributed by atoms with van der Waals surface area (Å²) in [6.07, 6.45) is -1.45. The van der Waals surface area contributed by atoms with Crippen LogP contribution in [0.3, 0.4) is 0 Å². The molecule has 1 aliphatic rings. The molecule has 0 saturated carbocycles. The number of amides is 2. The molecule has 3 aromatic rings. The number of halogens is 4. The molecule has 0 atom stereocenters. The smallest absolute Gasteiger partial charge is 0.324 e. The lowest BCUT2D eigenvalue weighted by molar-refractivity contribution is -0.137. The first-order valence-electron chi connectivity index (χ1n) is 9.78. The van der Waals surface area contributed by atoms with E-state index in [1.54, 1.807) is 11.5 Å². The summed E-state index contributed by atoms with van der Waals surface area (Å²) in [5.74, 6) is -1.45. The Balaban J connectivity index is 1.57. The molecule has 2 heterocycles. The minimum atomic E-state index is -4.58. The maximum atomic E-state index is 14.5. The average Bonchev–Trinajstić information content (AvgIpc) is 3.33. The third-order valence-corrected chi connectivity index (χ3v) is 5.21. The number of nitrogens with one attached hydrogen (secondary N) is 2. The normalized spacial score (nSPS) is 13.0. The fourth-order valence-electron chi connectivity index (χ4n) is 3.58. The number of anilines is 2. The number of alkyl halides is 3. The molecule has 1 aromatic heterocycles. The number of hydrogen-bond acceptors (Lipinski definition) is 3. The molecule has 6 nitrogen and oxygen atoms in total. The number of carbonyl (C=O) groups is 2. The van der Waals surface area contributed by atoms with Gasteiger partial charge < -0.3 is 15.2 Å². The molecule has 166 valence electrons. The predicted octanol–water partition coefficient (Wildman–Crippen LogP) is 4.80. The molecule has 2 N–H and O–H groups in total. The van der Waals surface area contributed by atoms with Crippen LogP contribution in [0.5, 0.6) is 0 Å². The molecule has 1 aliphatic heterocycles. The number of carbonyl (C=O) groups excluding carboxylic acids is 2. The number of fused-ring (bicyclic) bond motifs is 1. The van der Waals surface area contributed by atoms with Gasteiger partial charge in [-0.1, -0.05) is 6.07 Å². The van der Waals surface area contributed by atoms with E-state index in [0.29, 0.717) is 17.8 Å². The molecular weight excluding hydrogens is 428 g/mol. The Kier molecular flexibility index (Phi) is 5.45. The highest BCUT2D eigenvalue weighted by molar-refractivity contribution is 6.07. The number of rotatable bonds is 4. The van der Waals surface area contributed by atoms with E-state index in [-0.39, 0.29) is 11.4 Å². The van der Waals surface area contributed by atoms with Crippen LogP contribution in [0.15, 0.2) is 42.6 Å². The van der Waals surface area contributed by atoms with Gasteiger partial charge in [-0.05, 0) is 49.2 Å². The lowest BCUT2D eigenvalue weighted by atomic mass is 10.1. The van der Waals surface area contributed by atoms with Crippen LogP contribution in [0.25, 0.3) is 0 Å². The Bertz CT molecular complexity index is 1220. The van der Waals surface area contributed by atoms with Gasteiger partial charge in [0.15, 0.2) is 0 Å². The van der Waals surface area contributed by atoms with E-state index in [9.17, 15) is 27.2 Å². The fourth-order valence-corrected chi connectivity index (χ4v) is 3.58. The zero-order valence-electron chi connectivity index (χ0n) is 16.9. The molecule has 0 fully saturated rings. The van der Waals surface area contributed by atoms with E-state index in [1.807, 2.05) is 0 Å². The second-order valence-corrected chi connectivity index (χ2v) is 7.45. The van der Waals surface area contributed by atoms with Crippen molar-refractivity contribution in [3.05, 3.63) is 76.6 Å². The standard InChI is InChI=1S/C22H18F4N4O2/c1-12-8-16(23)15(20(31)28-14-5-2-4-13(9-14)22(24,25)26)10-17(12)29-21(32)18-11-27-19-6-3-7-30(18)19/h2,4-5,8-11H,3,6-7H2,1H3,(H,28,31)(H,29,32). The number of hydrogen-bond donors (Lipinski definition) is 2. The van der Waals surface area contributed by atoms with Gasteiger partial charge in [0.05, 0.1) is 17.3 Å². The van der Waals surface area contributed by atoms with Gasteiger partial charge in [-0.3, -0.25) is 9.59 Å². The van der Waals surface area contributed by atoms with Gasteiger partial charge in [-0.2, -0.15) is 13.2 Å². The zero-order chi connectivity index (χ0) is 23.0. The maximum absolute atomic E-state index is 14.5. The molecule has 0 bridgehead atoms. The van der Waals surface area contributed by atoms with Crippen molar-refractivity contribution in [3.8, 4) is 0 Å². The highest BCUT2D eigenvalue weighted by Crippen LogP contribution is 2.31. The van der Waals surface area contributed by atoms with Crippen molar-refractivity contribution in [2.45, 2.75) is 32.5 Å². The number of benzene rings is 2. The lowest BCUT2D eigenvalue weighted by Gasteiger charge is -2.13. The van der Waals surface area contributed by atoms with Crippen molar-refractivity contribution in [2.75, 3.05) is 10.6 Å². The molecule has 2 aromatic carbocycles. The van der Waals surface area contributed by atoms with Gasteiger partial charge in [0.25, 0.3) is 11.8 Å². The van der Waals surface area contributed by atoms with Crippen LogP contribution < -0.4 is 10.6 Å². The summed E-state index contributed by atoms with van der Waals surface area (Å²) in [5, 5.41) is 4.93.